The Kier molecular flexibility index (Phi) is 5.69. The fourth-order valence-corrected chi connectivity index (χ4v) is 3.77. The summed E-state index contributed by atoms with van der Waals surface area (Å²) in [7, 11) is -3.74. The number of nitrogens with one attached hydrogen (secondary N) is 1. The van der Waals surface area contributed by atoms with E-state index in [1.54, 1.807) is 49.3 Å². The molecule has 0 saturated carbocycles. The maximum absolute atomic E-state index is 12.7. The summed E-state index contributed by atoms with van der Waals surface area (Å²) in [4.78, 5) is 12.8. The lowest BCUT2D eigenvalue weighted by Gasteiger charge is -2.17. The van der Waals surface area contributed by atoms with E-state index in [2.05, 4.69) is 19.7 Å². The number of sulfonamides is 1. The normalized spacial score (nSPS) is 12.3. The van der Waals surface area contributed by atoms with Crippen LogP contribution in [0.25, 0.3) is 17.1 Å². The summed E-state index contributed by atoms with van der Waals surface area (Å²) in [5.41, 5.74) is 6.95. The first kappa shape index (κ1) is 20.9. The minimum atomic E-state index is -3.74. The van der Waals surface area contributed by atoms with Crippen LogP contribution in [-0.4, -0.2) is 45.2 Å². The fraction of sp³-hybridized carbons (Fsp3) is 0.316. The third-order valence-electron chi connectivity index (χ3n) is 4.35. The highest BCUT2D eigenvalue weighted by atomic mass is 32.2. The van der Waals surface area contributed by atoms with Gasteiger partial charge in [0.2, 0.25) is 10.0 Å². The molecule has 3 rings (SSSR count). The van der Waals surface area contributed by atoms with Gasteiger partial charge in [-0.3, -0.25) is 4.57 Å². The van der Waals surface area contributed by atoms with Crippen molar-refractivity contribution in [1.29, 1.82) is 0 Å². The van der Waals surface area contributed by atoms with E-state index in [4.69, 9.17) is 5.73 Å². The number of aromatic nitrogens is 4. The highest BCUT2D eigenvalue weighted by Gasteiger charge is 2.19. The molecule has 1 aromatic carbocycles. The molecule has 10 heteroatoms. The van der Waals surface area contributed by atoms with Crippen molar-refractivity contribution in [2.75, 3.05) is 12.3 Å². The highest BCUT2D eigenvalue weighted by Crippen LogP contribution is 2.26. The molecular weight excluding hydrogens is 392 g/mol. The molecule has 0 saturated heterocycles. The van der Waals surface area contributed by atoms with E-state index in [9.17, 15) is 13.5 Å². The summed E-state index contributed by atoms with van der Waals surface area (Å²) in [5, 5.41) is 9.77. The number of nitrogens with zero attached hydrogens (tertiary/aromatic N) is 4. The minimum absolute atomic E-state index is 0.108. The molecule has 0 fully saturated rings. The zero-order chi connectivity index (χ0) is 21.2. The number of aryl methyl sites for hydroxylation is 1. The molecule has 0 amide bonds. The third kappa shape index (κ3) is 4.97. The fourth-order valence-electron chi connectivity index (χ4n) is 2.71. The Balaban J connectivity index is 1.95. The Hall–Kier alpha value is -2.82. The van der Waals surface area contributed by atoms with E-state index < -0.39 is 15.6 Å². The first-order valence-electron chi connectivity index (χ1n) is 9.01. The van der Waals surface area contributed by atoms with Gasteiger partial charge < -0.3 is 10.8 Å². The van der Waals surface area contributed by atoms with Crippen molar-refractivity contribution < 1.29 is 13.5 Å². The van der Waals surface area contributed by atoms with Gasteiger partial charge in [0.15, 0.2) is 11.6 Å². The molecule has 0 aliphatic rings. The molecule has 0 spiro atoms. The number of hydrogen-bond acceptors (Lipinski definition) is 7. The quantitative estimate of drug-likeness (QED) is 0.533. The van der Waals surface area contributed by atoms with Gasteiger partial charge in [0.25, 0.3) is 0 Å². The first-order valence-corrected chi connectivity index (χ1v) is 10.5. The Morgan fingerprint density at radius 3 is 2.72 bits per heavy atom. The van der Waals surface area contributed by atoms with Crippen LogP contribution in [0.1, 0.15) is 25.8 Å². The van der Waals surface area contributed by atoms with Crippen molar-refractivity contribution in [3.63, 3.8) is 0 Å². The van der Waals surface area contributed by atoms with E-state index in [1.807, 2.05) is 6.92 Å². The summed E-state index contributed by atoms with van der Waals surface area (Å²) in [5.74, 6) is 0.650. The minimum Gasteiger partial charge on any atom is -0.390 e. The number of imidazole rings is 1. The number of hydrogen-bond donors (Lipinski definition) is 3. The number of rotatable bonds is 7. The van der Waals surface area contributed by atoms with Crippen LogP contribution in [0.4, 0.5) is 5.82 Å². The largest absolute Gasteiger partial charge is 0.390 e. The second-order valence-electron chi connectivity index (χ2n) is 7.37. The lowest BCUT2D eigenvalue weighted by Crippen LogP contribution is -2.30. The number of nitrogen functional groups attached to an aromatic ring is 1. The number of aliphatic hydroxyl groups is 1. The van der Waals surface area contributed by atoms with Crippen LogP contribution in [0, 0.1) is 6.92 Å². The second-order valence-corrected chi connectivity index (χ2v) is 9.14. The first-order chi connectivity index (χ1) is 13.6. The zero-order valence-electron chi connectivity index (χ0n) is 16.5. The summed E-state index contributed by atoms with van der Waals surface area (Å²) in [6, 6.07) is 4.81. The van der Waals surface area contributed by atoms with Crippen molar-refractivity contribution >= 4 is 15.8 Å². The molecule has 3 aromatic rings. The van der Waals surface area contributed by atoms with Crippen LogP contribution in [-0.2, 0) is 10.0 Å². The average Bonchev–Trinajstić information content (AvgIpc) is 3.15. The summed E-state index contributed by atoms with van der Waals surface area (Å²) >= 11 is 0. The van der Waals surface area contributed by atoms with E-state index in [0.29, 0.717) is 23.5 Å². The van der Waals surface area contributed by atoms with Crippen molar-refractivity contribution in [3.8, 4) is 17.1 Å². The predicted octanol–water partition coefficient (Wildman–Crippen LogP) is 1.66. The van der Waals surface area contributed by atoms with Crippen LogP contribution in [0.2, 0.25) is 0 Å². The highest BCUT2D eigenvalue weighted by molar-refractivity contribution is 7.89. The summed E-state index contributed by atoms with van der Waals surface area (Å²) in [6.45, 7) is 5.25. The summed E-state index contributed by atoms with van der Waals surface area (Å²) in [6.07, 6.45) is 6.67. The molecule has 0 aliphatic carbocycles. The van der Waals surface area contributed by atoms with Gasteiger partial charge in [-0.05, 0) is 44.9 Å². The van der Waals surface area contributed by atoms with Gasteiger partial charge in [-0.15, -0.1) is 0 Å². The van der Waals surface area contributed by atoms with Crippen molar-refractivity contribution in [3.05, 3.63) is 48.7 Å². The van der Waals surface area contributed by atoms with Gasteiger partial charge in [0.05, 0.1) is 22.4 Å². The van der Waals surface area contributed by atoms with Crippen LogP contribution >= 0.6 is 0 Å². The number of nitrogens with two attached hydrogens (primary N) is 1. The van der Waals surface area contributed by atoms with Gasteiger partial charge in [-0.25, -0.2) is 28.1 Å². The van der Waals surface area contributed by atoms with Crippen LogP contribution < -0.4 is 10.5 Å². The summed E-state index contributed by atoms with van der Waals surface area (Å²) < 4.78 is 29.5. The Morgan fingerprint density at radius 1 is 1.31 bits per heavy atom. The molecule has 29 heavy (non-hydrogen) atoms. The van der Waals surface area contributed by atoms with E-state index in [1.165, 1.54) is 12.3 Å². The smallest absolute Gasteiger partial charge is 0.240 e. The van der Waals surface area contributed by atoms with Crippen molar-refractivity contribution in [2.24, 2.45) is 0 Å². The number of anilines is 1. The van der Waals surface area contributed by atoms with Gasteiger partial charge in [-0.1, -0.05) is 6.07 Å². The van der Waals surface area contributed by atoms with Crippen molar-refractivity contribution in [1.82, 2.24) is 24.2 Å². The maximum atomic E-state index is 12.7. The van der Waals surface area contributed by atoms with Crippen LogP contribution in [0.15, 0.2) is 48.0 Å². The SMILES string of the molecule is Cc1ccc(S(=O)(=O)NCCC(C)(C)O)cc1-c1cnc(N)c(-n2ccnc2)n1. The molecule has 0 radical (unpaired) electrons. The molecule has 2 aromatic heterocycles. The van der Waals surface area contributed by atoms with Gasteiger partial charge >= 0.3 is 0 Å². The van der Waals surface area contributed by atoms with E-state index in [-0.39, 0.29) is 17.3 Å². The molecule has 2 heterocycles. The molecule has 4 N–H and O–H groups in total. The molecule has 9 nitrogen and oxygen atoms in total. The number of benzene rings is 1. The Morgan fingerprint density at radius 2 is 2.07 bits per heavy atom. The standard InChI is InChI=1S/C19H24N6O3S/c1-13-4-5-14(29(27,28)23-7-6-19(2,3)26)10-15(13)16-11-22-17(20)18(24-16)25-9-8-21-12-25/h4-5,8-12,23,26H,6-7H2,1-3H3,(H2,20,22). The third-order valence-corrected chi connectivity index (χ3v) is 5.81. The molecule has 0 aliphatic heterocycles. The zero-order valence-corrected chi connectivity index (χ0v) is 17.3. The Labute approximate surface area is 169 Å². The molecular formula is C19H24N6O3S. The molecule has 0 atom stereocenters. The topological polar surface area (TPSA) is 136 Å². The maximum Gasteiger partial charge on any atom is 0.240 e. The lowest BCUT2D eigenvalue weighted by molar-refractivity contribution is 0.0728. The lowest BCUT2D eigenvalue weighted by atomic mass is 10.1. The van der Waals surface area contributed by atoms with Gasteiger partial charge in [0, 0.05) is 24.5 Å². The van der Waals surface area contributed by atoms with Crippen LogP contribution in [0.3, 0.4) is 0 Å². The van der Waals surface area contributed by atoms with E-state index >= 15 is 0 Å². The predicted molar refractivity (Wildman–Crippen MR) is 110 cm³/mol. The average molecular weight is 417 g/mol. The molecule has 0 bridgehead atoms. The van der Waals surface area contributed by atoms with Crippen molar-refractivity contribution in [2.45, 2.75) is 37.7 Å². The Bertz CT molecular complexity index is 1110. The van der Waals surface area contributed by atoms with Crippen LogP contribution in [0.5, 0.6) is 0 Å². The molecule has 154 valence electrons. The second kappa shape index (κ2) is 7.90. The van der Waals surface area contributed by atoms with Gasteiger partial charge in [0.1, 0.15) is 6.33 Å². The monoisotopic (exact) mass is 416 g/mol. The van der Waals surface area contributed by atoms with E-state index in [0.717, 1.165) is 5.56 Å². The van der Waals surface area contributed by atoms with Gasteiger partial charge in [-0.2, -0.15) is 0 Å². The molecule has 0 unspecified atom stereocenters.